The topological polar surface area (TPSA) is 29.5 Å². The zero-order valence-corrected chi connectivity index (χ0v) is 16.0. The summed E-state index contributed by atoms with van der Waals surface area (Å²) in [5.74, 6) is -1.62. The lowest BCUT2D eigenvalue weighted by molar-refractivity contribution is -0.147. The first-order chi connectivity index (χ1) is 12.3. The summed E-state index contributed by atoms with van der Waals surface area (Å²) in [6, 6.07) is 0. The highest BCUT2D eigenvalue weighted by Gasteiger charge is 2.63. The molecule has 0 heterocycles. The molecule has 4 fully saturated rings. The van der Waals surface area contributed by atoms with Crippen LogP contribution in [0.2, 0.25) is 0 Å². The van der Waals surface area contributed by atoms with Crippen molar-refractivity contribution in [2.24, 2.45) is 28.6 Å². The van der Waals surface area contributed by atoms with Gasteiger partial charge in [0, 0.05) is 5.57 Å². The Morgan fingerprint density at radius 2 is 1.77 bits per heavy atom. The van der Waals surface area contributed by atoms with Crippen LogP contribution in [0.25, 0.3) is 0 Å². The molecule has 5 aliphatic rings. The highest BCUT2D eigenvalue weighted by Crippen LogP contribution is 2.67. The fourth-order valence-electron chi connectivity index (χ4n) is 7.34. The molecule has 5 aliphatic carbocycles. The van der Waals surface area contributed by atoms with Crippen LogP contribution in [0.15, 0.2) is 11.6 Å². The third-order valence-corrected chi connectivity index (χ3v) is 8.97. The lowest BCUT2D eigenvalue weighted by atomic mass is 9.47. The molecular formula is C22H32F2O2. The summed E-state index contributed by atoms with van der Waals surface area (Å²) < 4.78 is 35.9. The van der Waals surface area contributed by atoms with E-state index in [1.165, 1.54) is 19.3 Å². The molecule has 0 aromatic heterocycles. The van der Waals surface area contributed by atoms with Gasteiger partial charge in [-0.2, -0.15) is 8.78 Å². The first kappa shape index (κ1) is 17.6. The molecule has 26 heavy (non-hydrogen) atoms. The van der Waals surface area contributed by atoms with E-state index < -0.39 is 17.4 Å². The number of aliphatic hydroxyl groups is 1. The summed E-state index contributed by atoms with van der Waals surface area (Å²) in [6.07, 6.45) is 9.74. The minimum Gasteiger partial charge on any atom is -0.386 e. The van der Waals surface area contributed by atoms with Crippen molar-refractivity contribution in [3.8, 4) is 0 Å². The Hall–Kier alpha value is -0.480. The summed E-state index contributed by atoms with van der Waals surface area (Å²) in [4.78, 5) is 0. The normalized spacial score (nSPS) is 52.7. The largest absolute Gasteiger partial charge is 0.386 e. The molecule has 4 saturated carbocycles. The number of alkyl halides is 2. The zero-order chi connectivity index (χ0) is 18.3. The van der Waals surface area contributed by atoms with Crippen molar-refractivity contribution >= 4 is 0 Å². The predicted octanol–water partition coefficient (Wildman–Crippen LogP) is 5.10. The second kappa shape index (κ2) is 5.53. The number of allylic oxidation sites excluding steroid dienone is 1. The maximum absolute atomic E-state index is 14.8. The Kier molecular flexibility index (Phi) is 3.75. The van der Waals surface area contributed by atoms with Gasteiger partial charge >= 0.3 is 0 Å². The highest BCUT2D eigenvalue weighted by molar-refractivity contribution is 5.32. The van der Waals surface area contributed by atoms with Crippen molar-refractivity contribution in [3.63, 3.8) is 0 Å². The summed E-state index contributed by atoms with van der Waals surface area (Å²) in [7, 11) is 0. The lowest BCUT2D eigenvalue weighted by Gasteiger charge is -2.58. The smallest absolute Gasteiger partial charge is 0.295 e. The second-order valence-electron chi connectivity index (χ2n) is 10.3. The monoisotopic (exact) mass is 366 g/mol. The lowest BCUT2D eigenvalue weighted by Crippen LogP contribution is -2.56. The van der Waals surface area contributed by atoms with Crippen LogP contribution in [-0.4, -0.2) is 29.3 Å². The van der Waals surface area contributed by atoms with Crippen molar-refractivity contribution in [2.45, 2.75) is 95.9 Å². The molecule has 0 saturated heterocycles. The molecule has 2 nitrogen and oxygen atoms in total. The zero-order valence-electron chi connectivity index (χ0n) is 16.0. The van der Waals surface area contributed by atoms with Crippen LogP contribution in [0.4, 0.5) is 8.78 Å². The van der Waals surface area contributed by atoms with Gasteiger partial charge in [0.15, 0.2) is 0 Å². The number of hydrogen-bond donors (Lipinski definition) is 1. The summed E-state index contributed by atoms with van der Waals surface area (Å²) >= 11 is 0. The van der Waals surface area contributed by atoms with E-state index >= 15 is 0 Å². The quantitative estimate of drug-likeness (QED) is 0.689. The maximum atomic E-state index is 14.8. The van der Waals surface area contributed by atoms with E-state index in [1.54, 1.807) is 0 Å². The Balaban J connectivity index is 1.46. The number of aliphatic hydroxyl groups excluding tert-OH is 1. The Bertz CT molecular complexity index is 628. The minimum absolute atomic E-state index is 0.222. The van der Waals surface area contributed by atoms with E-state index in [2.05, 4.69) is 13.8 Å². The van der Waals surface area contributed by atoms with E-state index in [0.29, 0.717) is 36.4 Å². The molecule has 0 aromatic carbocycles. The van der Waals surface area contributed by atoms with Gasteiger partial charge in [0.25, 0.3) is 5.92 Å². The van der Waals surface area contributed by atoms with E-state index in [4.69, 9.17) is 4.74 Å². The highest BCUT2D eigenvalue weighted by atomic mass is 19.3. The molecule has 0 spiro atoms. The van der Waals surface area contributed by atoms with Crippen molar-refractivity contribution in [1.29, 1.82) is 0 Å². The first-order valence-electron chi connectivity index (χ1n) is 10.7. The molecule has 0 amide bonds. The van der Waals surface area contributed by atoms with Gasteiger partial charge in [-0.15, -0.1) is 0 Å². The van der Waals surface area contributed by atoms with E-state index in [0.717, 1.165) is 25.7 Å². The third-order valence-electron chi connectivity index (χ3n) is 8.97. The second-order valence-corrected chi connectivity index (χ2v) is 10.3. The number of ether oxygens (including phenoxy) is 1. The van der Waals surface area contributed by atoms with Crippen LogP contribution in [-0.2, 0) is 4.74 Å². The van der Waals surface area contributed by atoms with Crippen LogP contribution in [0.1, 0.15) is 71.6 Å². The molecular weight excluding hydrogens is 334 g/mol. The van der Waals surface area contributed by atoms with Crippen molar-refractivity contribution in [3.05, 3.63) is 11.6 Å². The number of rotatable bonds is 2. The summed E-state index contributed by atoms with van der Waals surface area (Å²) in [6.45, 7) is 4.47. The van der Waals surface area contributed by atoms with Gasteiger partial charge < -0.3 is 9.84 Å². The standard InChI is InChI=1S/C22H32F2O2/c1-20-12-10-18(25)22(23,24)17(20)7-5-14-15-6-8-19(26-13-3-4-13)21(15,2)11-9-16(14)20/h7,13-16,18-19,25H,3-6,8-12H2,1-2H3/t14-,15-,16+,18?,19?,20+,21-/m0/s1. The maximum Gasteiger partial charge on any atom is 0.295 e. The molecule has 2 unspecified atom stereocenters. The van der Waals surface area contributed by atoms with Crippen molar-refractivity contribution < 1.29 is 18.6 Å². The van der Waals surface area contributed by atoms with Crippen LogP contribution < -0.4 is 0 Å². The van der Waals surface area contributed by atoms with Gasteiger partial charge in [0.2, 0.25) is 0 Å². The number of halogens is 2. The Labute approximate surface area is 155 Å². The van der Waals surface area contributed by atoms with Gasteiger partial charge in [-0.3, -0.25) is 0 Å². The predicted molar refractivity (Wildman–Crippen MR) is 95.9 cm³/mol. The van der Waals surface area contributed by atoms with Crippen LogP contribution in [0.5, 0.6) is 0 Å². The Morgan fingerprint density at radius 3 is 2.50 bits per heavy atom. The fourth-order valence-corrected chi connectivity index (χ4v) is 7.34. The summed E-state index contributed by atoms with van der Waals surface area (Å²) in [5.41, 5.74) is 0.0299. The molecule has 146 valence electrons. The van der Waals surface area contributed by atoms with Crippen LogP contribution in [0.3, 0.4) is 0 Å². The average molecular weight is 366 g/mol. The van der Waals surface area contributed by atoms with E-state index in [9.17, 15) is 13.9 Å². The van der Waals surface area contributed by atoms with Crippen molar-refractivity contribution in [1.82, 2.24) is 0 Å². The van der Waals surface area contributed by atoms with E-state index in [-0.39, 0.29) is 17.4 Å². The fraction of sp³-hybridized carbons (Fsp3) is 0.909. The van der Waals surface area contributed by atoms with Crippen molar-refractivity contribution in [2.75, 3.05) is 0 Å². The first-order valence-corrected chi connectivity index (χ1v) is 10.7. The SMILES string of the molecule is C[C@]12CCC(O)C(F)(F)C1=CC[C@@H]1[C@H]2CC[C@]2(C)C(OC3CC3)CC[C@@H]12. The molecule has 1 N–H and O–H groups in total. The molecule has 7 atom stereocenters. The van der Waals surface area contributed by atoms with Gasteiger partial charge in [-0.1, -0.05) is 19.9 Å². The Morgan fingerprint density at radius 1 is 1.00 bits per heavy atom. The van der Waals surface area contributed by atoms with Gasteiger partial charge in [-0.25, -0.2) is 0 Å². The molecule has 0 radical (unpaired) electrons. The number of hydrogen-bond acceptors (Lipinski definition) is 2. The molecule has 0 aliphatic heterocycles. The molecule has 0 aromatic rings. The van der Waals surface area contributed by atoms with Crippen LogP contribution >= 0.6 is 0 Å². The summed E-state index contributed by atoms with van der Waals surface area (Å²) in [5, 5.41) is 9.89. The molecule has 5 rings (SSSR count). The molecule has 0 bridgehead atoms. The van der Waals surface area contributed by atoms with Gasteiger partial charge in [0.05, 0.1) is 12.2 Å². The van der Waals surface area contributed by atoms with Crippen LogP contribution in [0, 0.1) is 28.6 Å². The minimum atomic E-state index is -3.05. The van der Waals surface area contributed by atoms with E-state index in [1.807, 2.05) is 6.08 Å². The van der Waals surface area contributed by atoms with Gasteiger partial charge in [-0.05, 0) is 86.4 Å². The number of fused-ring (bicyclic) bond motifs is 5. The molecule has 4 heteroatoms. The third kappa shape index (κ3) is 2.27. The van der Waals surface area contributed by atoms with Gasteiger partial charge in [0.1, 0.15) is 6.10 Å². The average Bonchev–Trinajstić information content (AvgIpc) is 3.34.